The number of likely N-dealkylation sites (tertiary alicyclic amines) is 1. The Morgan fingerprint density at radius 2 is 1.66 bits per heavy atom. The molecular formula is C52H64ClFN6O6S. The average molecular weight is 956 g/mol. The maximum absolute atomic E-state index is 14.1. The Morgan fingerprint density at radius 1 is 0.910 bits per heavy atom. The fourth-order valence-electron chi connectivity index (χ4n) is 9.29. The quantitative estimate of drug-likeness (QED) is 0.0650. The van der Waals surface area contributed by atoms with Crippen LogP contribution in [0, 0.1) is 30.0 Å². The molecule has 12 nitrogen and oxygen atoms in total. The number of anilines is 1. The minimum Gasteiger partial charge on any atom is -0.490 e. The molecule has 1 aliphatic heterocycles. The predicted molar refractivity (Wildman–Crippen MR) is 263 cm³/mol. The molecule has 3 aromatic carbocycles. The monoisotopic (exact) mass is 954 g/mol. The number of hydrogen-bond acceptors (Lipinski definition) is 10. The predicted octanol–water partition coefficient (Wildman–Crippen LogP) is 9.73. The smallest absolute Gasteiger partial charge is 0.243 e. The molecule has 0 unspecified atom stereocenters. The van der Waals surface area contributed by atoms with E-state index in [0.717, 1.165) is 70.3 Å². The molecule has 3 heterocycles. The SMILES string of the molecule is Cc1ncsc1-c1ccc(CNC(=O)[C@@H]2CCCN2C(=O)[C@@H](NCCOCCOCCOc2cc(NC(=O)[C@H](C)C3CCC(c4ccnc5ccc(F)cc45)CC3)ccc2Cl)C(C)(C)C)cc1. The summed E-state index contributed by atoms with van der Waals surface area (Å²) in [4.78, 5) is 52.4. The van der Waals surface area contributed by atoms with Gasteiger partial charge in [0.1, 0.15) is 24.2 Å². The van der Waals surface area contributed by atoms with Gasteiger partial charge in [-0.2, -0.15) is 0 Å². The number of rotatable bonds is 20. The van der Waals surface area contributed by atoms with Crippen LogP contribution in [0.2, 0.25) is 5.02 Å². The number of carbonyl (C=O) groups is 3. The first-order valence-corrected chi connectivity index (χ1v) is 24.8. The number of pyridine rings is 1. The van der Waals surface area contributed by atoms with Gasteiger partial charge in [-0.1, -0.05) is 63.6 Å². The van der Waals surface area contributed by atoms with Gasteiger partial charge in [-0.3, -0.25) is 19.4 Å². The molecule has 0 spiro atoms. The number of ether oxygens (including phenoxy) is 3. The largest absolute Gasteiger partial charge is 0.490 e. The van der Waals surface area contributed by atoms with E-state index in [2.05, 4.69) is 38.1 Å². The number of aromatic nitrogens is 2. The van der Waals surface area contributed by atoms with Crippen LogP contribution in [0.4, 0.5) is 10.1 Å². The van der Waals surface area contributed by atoms with Gasteiger partial charge in [0.05, 0.1) is 59.1 Å². The van der Waals surface area contributed by atoms with Crippen molar-refractivity contribution in [1.29, 1.82) is 0 Å². The summed E-state index contributed by atoms with van der Waals surface area (Å²) in [5.41, 5.74) is 7.09. The lowest BCUT2D eigenvalue weighted by atomic mass is 9.73. The Morgan fingerprint density at radius 3 is 2.39 bits per heavy atom. The molecule has 2 aliphatic rings. The van der Waals surface area contributed by atoms with Crippen molar-refractivity contribution in [2.45, 2.75) is 97.7 Å². The van der Waals surface area contributed by atoms with Crippen molar-refractivity contribution in [1.82, 2.24) is 25.5 Å². The van der Waals surface area contributed by atoms with Crippen molar-refractivity contribution in [2.24, 2.45) is 17.3 Å². The van der Waals surface area contributed by atoms with Crippen molar-refractivity contribution in [3.05, 3.63) is 106 Å². The van der Waals surface area contributed by atoms with Crippen LogP contribution in [0.1, 0.15) is 89.0 Å². The number of benzene rings is 3. The van der Waals surface area contributed by atoms with E-state index in [1.165, 1.54) is 6.07 Å². The van der Waals surface area contributed by atoms with E-state index in [4.69, 9.17) is 25.8 Å². The molecule has 15 heteroatoms. The second kappa shape index (κ2) is 23.3. The Kier molecular flexibility index (Phi) is 17.4. The van der Waals surface area contributed by atoms with Crippen molar-refractivity contribution in [3.8, 4) is 16.2 Å². The lowest BCUT2D eigenvalue weighted by Crippen LogP contribution is -2.57. The lowest BCUT2D eigenvalue weighted by Gasteiger charge is -2.35. The Labute approximate surface area is 402 Å². The molecule has 3 N–H and O–H groups in total. The molecule has 0 radical (unpaired) electrons. The van der Waals surface area contributed by atoms with Crippen molar-refractivity contribution in [3.63, 3.8) is 0 Å². The van der Waals surface area contributed by atoms with Gasteiger partial charge in [0.2, 0.25) is 17.7 Å². The van der Waals surface area contributed by atoms with Crippen LogP contribution in [0.3, 0.4) is 0 Å². The number of aryl methyl sites for hydroxylation is 1. The molecule has 1 saturated heterocycles. The van der Waals surface area contributed by atoms with Crippen LogP contribution in [0.5, 0.6) is 5.75 Å². The topological polar surface area (TPSA) is 144 Å². The molecule has 5 aromatic rings. The highest BCUT2D eigenvalue weighted by Crippen LogP contribution is 2.41. The van der Waals surface area contributed by atoms with Crippen molar-refractivity contribution in [2.75, 3.05) is 51.4 Å². The first-order chi connectivity index (χ1) is 32.3. The van der Waals surface area contributed by atoms with Gasteiger partial charge in [-0.05, 0) is 116 Å². The highest BCUT2D eigenvalue weighted by Gasteiger charge is 2.41. The summed E-state index contributed by atoms with van der Waals surface area (Å²) in [5.74, 6) is 0.277. The average Bonchev–Trinajstić information content (AvgIpc) is 4.00. The van der Waals surface area contributed by atoms with Gasteiger partial charge in [-0.15, -0.1) is 11.3 Å². The fraction of sp³-hybridized carbons (Fsp3) is 0.481. The number of thiazole rings is 1. The van der Waals surface area contributed by atoms with Crippen molar-refractivity contribution < 1.29 is 33.0 Å². The number of amides is 3. The summed E-state index contributed by atoms with van der Waals surface area (Å²) in [6.07, 6.45) is 6.87. The summed E-state index contributed by atoms with van der Waals surface area (Å²) in [5, 5.41) is 10.8. The second-order valence-corrected chi connectivity index (χ2v) is 20.1. The second-order valence-electron chi connectivity index (χ2n) is 18.8. The number of halogens is 2. The molecule has 2 aromatic heterocycles. The van der Waals surface area contributed by atoms with E-state index in [-0.39, 0.29) is 42.0 Å². The van der Waals surface area contributed by atoms with E-state index < -0.39 is 17.5 Å². The molecule has 0 bridgehead atoms. The third kappa shape index (κ3) is 13.2. The zero-order chi connectivity index (χ0) is 47.5. The van der Waals surface area contributed by atoms with E-state index in [9.17, 15) is 18.8 Å². The summed E-state index contributed by atoms with van der Waals surface area (Å²) in [7, 11) is 0. The van der Waals surface area contributed by atoms with Gasteiger partial charge in [0.25, 0.3) is 0 Å². The normalized spacial score (nSPS) is 18.4. The molecule has 1 saturated carbocycles. The Hall–Kier alpha value is -4.99. The maximum Gasteiger partial charge on any atom is 0.243 e. The van der Waals surface area contributed by atoms with Crippen molar-refractivity contribution >= 4 is 57.2 Å². The Balaban J connectivity index is 0.772. The van der Waals surface area contributed by atoms with E-state index in [1.54, 1.807) is 52.8 Å². The summed E-state index contributed by atoms with van der Waals surface area (Å²) in [6, 6.07) is 19.1. The molecule has 1 aliphatic carbocycles. The molecule has 3 amide bonds. The first-order valence-electron chi connectivity index (χ1n) is 23.5. The van der Waals surface area contributed by atoms with Gasteiger partial charge in [0, 0.05) is 48.9 Å². The minimum absolute atomic E-state index is 0.0515. The first kappa shape index (κ1) is 49.9. The highest BCUT2D eigenvalue weighted by atomic mass is 35.5. The maximum atomic E-state index is 14.1. The van der Waals surface area contributed by atoms with Crippen LogP contribution < -0.4 is 20.7 Å². The molecule has 7 rings (SSSR count). The molecule has 67 heavy (non-hydrogen) atoms. The van der Waals surface area contributed by atoms with E-state index >= 15 is 0 Å². The zero-order valence-corrected chi connectivity index (χ0v) is 40.8. The van der Waals surface area contributed by atoms with Crippen LogP contribution in [0.25, 0.3) is 21.3 Å². The number of nitrogens with zero attached hydrogens (tertiary/aromatic N) is 3. The van der Waals surface area contributed by atoms with E-state index in [1.807, 2.05) is 58.3 Å². The minimum atomic E-state index is -0.510. The molecular weight excluding hydrogens is 891 g/mol. The third-order valence-electron chi connectivity index (χ3n) is 13.1. The van der Waals surface area contributed by atoms with Crippen LogP contribution in [0.15, 0.2) is 78.4 Å². The molecule has 2 fully saturated rings. The molecule has 3 atom stereocenters. The summed E-state index contributed by atoms with van der Waals surface area (Å²) < 4.78 is 31.6. The van der Waals surface area contributed by atoms with Gasteiger partial charge < -0.3 is 35.1 Å². The summed E-state index contributed by atoms with van der Waals surface area (Å²) >= 11 is 8.06. The zero-order valence-electron chi connectivity index (χ0n) is 39.2. The number of fused-ring (bicyclic) bond motifs is 1. The van der Waals surface area contributed by atoms with Crippen LogP contribution in [-0.4, -0.2) is 90.8 Å². The van der Waals surface area contributed by atoms with Gasteiger partial charge in [0.15, 0.2) is 0 Å². The van der Waals surface area contributed by atoms with Gasteiger partial charge >= 0.3 is 0 Å². The Bertz CT molecular complexity index is 2460. The van der Waals surface area contributed by atoms with Crippen LogP contribution in [-0.2, 0) is 30.4 Å². The number of nitrogens with one attached hydrogen (secondary N) is 3. The molecule has 358 valence electrons. The lowest BCUT2D eigenvalue weighted by molar-refractivity contribution is -0.142. The number of hydrogen-bond donors (Lipinski definition) is 3. The summed E-state index contributed by atoms with van der Waals surface area (Å²) in [6.45, 7) is 13.1. The van der Waals surface area contributed by atoms with Gasteiger partial charge in [-0.25, -0.2) is 9.37 Å². The van der Waals surface area contributed by atoms with Crippen LogP contribution >= 0.6 is 22.9 Å². The number of carbonyl (C=O) groups excluding carboxylic acids is 3. The standard InChI is InChI=1S/C52H64ClFN6O6S/c1-33(36-12-14-37(15-13-36)41-20-21-55-44-19-16-39(54)29-42(41)44)49(61)59-40-17-18-43(53)46(30-40)66-28-27-65-26-25-64-24-22-56-48(52(3,4)5)51(63)60-23-6-7-45(60)50(62)57-31-35-8-10-38(11-9-35)47-34(2)58-32-67-47/h8-11,16-21,29-30,32-33,36-37,45,48,56H,6-7,12-15,22-28,31H2,1-5H3,(H,57,62)(H,59,61)/t33-,36?,37?,45+,48-/m1/s1. The third-order valence-corrected chi connectivity index (χ3v) is 14.4. The highest BCUT2D eigenvalue weighted by molar-refractivity contribution is 7.13. The van der Waals surface area contributed by atoms with E-state index in [0.29, 0.717) is 74.9 Å². The fourth-order valence-corrected chi connectivity index (χ4v) is 10.3.